The second kappa shape index (κ2) is 6.15. The van der Waals surface area contributed by atoms with Gasteiger partial charge >= 0.3 is 0 Å². The van der Waals surface area contributed by atoms with Crippen molar-refractivity contribution in [1.82, 2.24) is 39.7 Å². The SMILES string of the molecule is Cc1nc2ncnn2c(N2CCCN(c3ncnc4[nH]ncc34)CC2)c1C. The summed E-state index contributed by atoms with van der Waals surface area (Å²) in [4.78, 5) is 22.2. The highest BCUT2D eigenvalue weighted by Crippen LogP contribution is 2.26. The molecule has 1 N–H and O–H groups in total. The van der Waals surface area contributed by atoms with E-state index in [0.29, 0.717) is 5.78 Å². The Morgan fingerprint density at radius 2 is 1.81 bits per heavy atom. The normalized spacial score (nSPS) is 15.6. The van der Waals surface area contributed by atoms with E-state index in [9.17, 15) is 0 Å². The molecule has 4 aromatic rings. The number of anilines is 2. The molecule has 4 aromatic heterocycles. The number of hydrogen-bond donors (Lipinski definition) is 1. The molecule has 0 radical (unpaired) electrons. The summed E-state index contributed by atoms with van der Waals surface area (Å²) in [6.07, 6.45) is 5.96. The second-order valence-corrected chi connectivity index (χ2v) is 6.77. The van der Waals surface area contributed by atoms with Gasteiger partial charge < -0.3 is 9.80 Å². The van der Waals surface area contributed by atoms with Crippen molar-refractivity contribution >= 4 is 28.4 Å². The van der Waals surface area contributed by atoms with E-state index in [1.54, 1.807) is 18.9 Å². The Kier molecular flexibility index (Phi) is 3.62. The standard InChI is InChI=1S/C17H20N10/c1-11-12(2)23-17-20-10-22-27(17)16(11)26-5-3-4-25(6-7-26)15-13-8-21-24-14(13)18-9-19-15/h8-10H,3-7H2,1-2H3,(H,18,19,21,24). The minimum absolute atomic E-state index is 0.644. The van der Waals surface area contributed by atoms with Crippen molar-refractivity contribution in [2.45, 2.75) is 20.3 Å². The molecule has 0 aliphatic carbocycles. The minimum Gasteiger partial charge on any atom is -0.354 e. The summed E-state index contributed by atoms with van der Waals surface area (Å²) in [5.41, 5.74) is 2.90. The van der Waals surface area contributed by atoms with Crippen LogP contribution < -0.4 is 9.80 Å². The molecule has 138 valence electrons. The zero-order valence-corrected chi connectivity index (χ0v) is 15.3. The van der Waals surface area contributed by atoms with Crippen molar-refractivity contribution in [1.29, 1.82) is 0 Å². The zero-order chi connectivity index (χ0) is 18.4. The maximum atomic E-state index is 4.53. The Hall–Kier alpha value is -3.30. The summed E-state index contributed by atoms with van der Waals surface area (Å²) in [5.74, 6) is 2.65. The number of aromatic nitrogens is 8. The van der Waals surface area contributed by atoms with Crippen LogP contribution in [-0.4, -0.2) is 65.9 Å². The molecule has 0 atom stereocenters. The van der Waals surface area contributed by atoms with E-state index in [-0.39, 0.29) is 0 Å². The molecular weight excluding hydrogens is 344 g/mol. The van der Waals surface area contributed by atoms with Crippen LogP contribution in [0.25, 0.3) is 16.8 Å². The molecule has 5 rings (SSSR count). The van der Waals surface area contributed by atoms with Crippen LogP contribution in [0.4, 0.5) is 11.6 Å². The first-order chi connectivity index (χ1) is 13.2. The number of aromatic amines is 1. The van der Waals surface area contributed by atoms with Gasteiger partial charge in [0, 0.05) is 37.4 Å². The van der Waals surface area contributed by atoms with Crippen molar-refractivity contribution in [3.05, 3.63) is 30.1 Å². The van der Waals surface area contributed by atoms with Crippen molar-refractivity contribution < 1.29 is 0 Å². The second-order valence-electron chi connectivity index (χ2n) is 6.77. The van der Waals surface area contributed by atoms with Crippen LogP contribution >= 0.6 is 0 Å². The van der Waals surface area contributed by atoms with Gasteiger partial charge in [-0.25, -0.2) is 15.0 Å². The number of rotatable bonds is 2. The van der Waals surface area contributed by atoms with E-state index >= 15 is 0 Å². The largest absolute Gasteiger partial charge is 0.354 e. The highest BCUT2D eigenvalue weighted by Gasteiger charge is 2.23. The summed E-state index contributed by atoms with van der Waals surface area (Å²) in [6.45, 7) is 7.71. The highest BCUT2D eigenvalue weighted by atomic mass is 15.4. The molecule has 1 fully saturated rings. The summed E-state index contributed by atoms with van der Waals surface area (Å²) >= 11 is 0. The summed E-state index contributed by atoms with van der Waals surface area (Å²) < 4.78 is 1.84. The average Bonchev–Trinajstić information content (AvgIpc) is 3.27. The molecule has 10 heteroatoms. The maximum Gasteiger partial charge on any atom is 0.254 e. The lowest BCUT2D eigenvalue weighted by molar-refractivity contribution is 0.761. The first-order valence-electron chi connectivity index (χ1n) is 9.03. The predicted molar refractivity (Wildman–Crippen MR) is 101 cm³/mol. The first kappa shape index (κ1) is 15.9. The van der Waals surface area contributed by atoms with Gasteiger partial charge in [0.25, 0.3) is 5.78 Å². The van der Waals surface area contributed by atoms with Gasteiger partial charge in [-0.2, -0.15) is 19.7 Å². The Balaban J connectivity index is 1.48. The third-order valence-corrected chi connectivity index (χ3v) is 5.20. The lowest BCUT2D eigenvalue weighted by Gasteiger charge is -2.26. The molecule has 27 heavy (non-hydrogen) atoms. The molecule has 0 spiro atoms. The number of aryl methyl sites for hydroxylation is 1. The number of fused-ring (bicyclic) bond motifs is 2. The minimum atomic E-state index is 0.644. The van der Waals surface area contributed by atoms with Gasteiger partial charge in [-0.15, -0.1) is 0 Å². The van der Waals surface area contributed by atoms with E-state index in [1.807, 2.05) is 11.4 Å². The van der Waals surface area contributed by atoms with Crippen molar-refractivity contribution in [3.8, 4) is 0 Å². The van der Waals surface area contributed by atoms with E-state index in [1.165, 1.54) is 0 Å². The van der Waals surface area contributed by atoms with Crippen molar-refractivity contribution in [2.24, 2.45) is 0 Å². The highest BCUT2D eigenvalue weighted by molar-refractivity contribution is 5.86. The van der Waals surface area contributed by atoms with E-state index < -0.39 is 0 Å². The van der Waals surface area contributed by atoms with Crippen molar-refractivity contribution in [2.75, 3.05) is 36.0 Å². The summed E-state index contributed by atoms with van der Waals surface area (Å²) in [6, 6.07) is 0. The molecule has 0 unspecified atom stereocenters. The Morgan fingerprint density at radius 3 is 2.74 bits per heavy atom. The Labute approximate surface area is 155 Å². The molecule has 5 heterocycles. The molecule has 1 aliphatic rings. The number of H-pyrrole nitrogens is 1. The van der Waals surface area contributed by atoms with Gasteiger partial charge in [0.05, 0.1) is 11.6 Å². The number of nitrogens with one attached hydrogen (secondary N) is 1. The number of nitrogens with zero attached hydrogens (tertiary/aromatic N) is 9. The average molecular weight is 364 g/mol. The van der Waals surface area contributed by atoms with E-state index in [2.05, 4.69) is 52.0 Å². The number of hydrogen-bond acceptors (Lipinski definition) is 8. The molecule has 0 bridgehead atoms. The van der Waals surface area contributed by atoms with Gasteiger partial charge in [0.15, 0.2) is 5.65 Å². The van der Waals surface area contributed by atoms with Crippen LogP contribution in [-0.2, 0) is 0 Å². The van der Waals surface area contributed by atoms with Crippen LogP contribution in [0.15, 0.2) is 18.9 Å². The third-order valence-electron chi connectivity index (χ3n) is 5.20. The van der Waals surface area contributed by atoms with Gasteiger partial charge in [-0.05, 0) is 20.3 Å². The third kappa shape index (κ3) is 2.56. The molecule has 1 saturated heterocycles. The molecule has 0 amide bonds. The van der Waals surface area contributed by atoms with Crippen LogP contribution in [0.3, 0.4) is 0 Å². The lowest BCUT2D eigenvalue weighted by Crippen LogP contribution is -2.33. The lowest BCUT2D eigenvalue weighted by atomic mass is 10.2. The zero-order valence-electron chi connectivity index (χ0n) is 15.3. The van der Waals surface area contributed by atoms with Crippen LogP contribution in [0, 0.1) is 13.8 Å². The van der Waals surface area contributed by atoms with Crippen molar-refractivity contribution in [3.63, 3.8) is 0 Å². The van der Waals surface area contributed by atoms with Gasteiger partial charge in [-0.3, -0.25) is 5.10 Å². The predicted octanol–water partition coefficient (Wildman–Crippen LogP) is 1.12. The molecule has 10 nitrogen and oxygen atoms in total. The topological polar surface area (TPSA) is 104 Å². The van der Waals surface area contributed by atoms with Gasteiger partial charge in [0.2, 0.25) is 0 Å². The summed E-state index contributed by atoms with van der Waals surface area (Å²) in [7, 11) is 0. The Bertz CT molecular complexity index is 1110. The molecular formula is C17H20N10. The first-order valence-corrected chi connectivity index (χ1v) is 9.03. The smallest absolute Gasteiger partial charge is 0.254 e. The van der Waals surface area contributed by atoms with E-state index in [4.69, 9.17) is 0 Å². The van der Waals surface area contributed by atoms with Crippen LogP contribution in [0.1, 0.15) is 17.7 Å². The fourth-order valence-corrected chi connectivity index (χ4v) is 3.73. The van der Waals surface area contributed by atoms with E-state index in [0.717, 1.165) is 66.5 Å². The quantitative estimate of drug-likeness (QED) is 0.564. The Morgan fingerprint density at radius 1 is 0.963 bits per heavy atom. The molecule has 1 aliphatic heterocycles. The van der Waals surface area contributed by atoms with Gasteiger partial charge in [0.1, 0.15) is 24.3 Å². The van der Waals surface area contributed by atoms with Gasteiger partial charge in [-0.1, -0.05) is 0 Å². The molecule has 0 aromatic carbocycles. The summed E-state index contributed by atoms with van der Waals surface area (Å²) in [5, 5.41) is 12.4. The van der Waals surface area contributed by atoms with Crippen LogP contribution in [0.2, 0.25) is 0 Å². The molecule has 0 saturated carbocycles. The fourth-order valence-electron chi connectivity index (χ4n) is 3.73. The monoisotopic (exact) mass is 364 g/mol. The maximum absolute atomic E-state index is 4.53. The van der Waals surface area contributed by atoms with Crippen LogP contribution in [0.5, 0.6) is 0 Å². The fraction of sp³-hybridized carbons (Fsp3) is 0.412.